The van der Waals surface area contributed by atoms with Crippen molar-refractivity contribution in [1.29, 1.82) is 0 Å². The number of nitrogens with zero attached hydrogens (tertiary/aromatic N) is 1. The summed E-state index contributed by atoms with van der Waals surface area (Å²) in [6.07, 6.45) is 1.93. The number of benzene rings is 3. The SMILES string of the molecule is O=C(Cn1ccc2ccccc21)Nc1ccc(Oc2ccccc2)cc1. The van der Waals surface area contributed by atoms with E-state index in [1.165, 1.54) is 0 Å². The van der Waals surface area contributed by atoms with Gasteiger partial charge < -0.3 is 14.6 Å². The molecule has 0 spiro atoms. The lowest BCUT2D eigenvalue weighted by molar-refractivity contribution is -0.116. The first kappa shape index (κ1) is 16.0. The number of aromatic nitrogens is 1. The smallest absolute Gasteiger partial charge is 0.244 e. The van der Waals surface area contributed by atoms with Crippen LogP contribution in [0.3, 0.4) is 0 Å². The van der Waals surface area contributed by atoms with Gasteiger partial charge in [-0.25, -0.2) is 0 Å². The van der Waals surface area contributed by atoms with Gasteiger partial charge in [-0.3, -0.25) is 4.79 Å². The van der Waals surface area contributed by atoms with Gasteiger partial charge in [-0.05, 0) is 53.9 Å². The second-order valence-corrected chi connectivity index (χ2v) is 5.99. The first-order valence-corrected chi connectivity index (χ1v) is 8.45. The van der Waals surface area contributed by atoms with E-state index in [2.05, 4.69) is 5.32 Å². The van der Waals surface area contributed by atoms with Crippen LogP contribution in [0.1, 0.15) is 0 Å². The molecule has 0 aliphatic carbocycles. The molecule has 0 saturated carbocycles. The lowest BCUT2D eigenvalue weighted by Crippen LogP contribution is -2.18. The van der Waals surface area contributed by atoms with Gasteiger partial charge in [0.15, 0.2) is 0 Å². The summed E-state index contributed by atoms with van der Waals surface area (Å²) in [6, 6.07) is 27.0. The number of ether oxygens (including phenoxy) is 1. The van der Waals surface area contributed by atoms with Gasteiger partial charge in [0, 0.05) is 17.4 Å². The highest BCUT2D eigenvalue weighted by Crippen LogP contribution is 2.22. The minimum Gasteiger partial charge on any atom is -0.457 e. The van der Waals surface area contributed by atoms with Crippen LogP contribution in [-0.2, 0) is 11.3 Å². The highest BCUT2D eigenvalue weighted by Gasteiger charge is 2.07. The van der Waals surface area contributed by atoms with Gasteiger partial charge in [-0.15, -0.1) is 0 Å². The Morgan fingerprint density at radius 2 is 1.50 bits per heavy atom. The molecule has 0 fully saturated rings. The van der Waals surface area contributed by atoms with Gasteiger partial charge in [0.25, 0.3) is 0 Å². The molecule has 1 amide bonds. The Bertz CT molecular complexity index is 1020. The standard InChI is InChI=1S/C22H18N2O2/c25-22(16-24-15-14-17-6-4-5-9-21(17)24)23-18-10-12-20(13-11-18)26-19-7-2-1-3-8-19/h1-15H,16H2,(H,23,25). The lowest BCUT2D eigenvalue weighted by atomic mass is 10.2. The number of para-hydroxylation sites is 2. The van der Waals surface area contributed by atoms with Crippen molar-refractivity contribution >= 4 is 22.5 Å². The molecule has 4 nitrogen and oxygen atoms in total. The first-order chi connectivity index (χ1) is 12.8. The molecule has 26 heavy (non-hydrogen) atoms. The van der Waals surface area contributed by atoms with Gasteiger partial charge >= 0.3 is 0 Å². The van der Waals surface area contributed by atoms with Crippen LogP contribution in [0.5, 0.6) is 11.5 Å². The summed E-state index contributed by atoms with van der Waals surface area (Å²) in [6.45, 7) is 0.274. The summed E-state index contributed by atoms with van der Waals surface area (Å²) in [7, 11) is 0. The van der Waals surface area contributed by atoms with Gasteiger partial charge in [0.1, 0.15) is 18.0 Å². The van der Waals surface area contributed by atoms with E-state index in [1.54, 1.807) is 0 Å². The summed E-state index contributed by atoms with van der Waals surface area (Å²) in [5.41, 5.74) is 1.79. The van der Waals surface area contributed by atoms with E-state index in [1.807, 2.05) is 95.7 Å². The topological polar surface area (TPSA) is 43.3 Å². The van der Waals surface area contributed by atoms with Crippen molar-refractivity contribution in [3.05, 3.63) is 91.1 Å². The molecular formula is C22H18N2O2. The minimum absolute atomic E-state index is 0.0666. The Balaban J connectivity index is 1.40. The maximum Gasteiger partial charge on any atom is 0.244 e. The van der Waals surface area contributed by atoms with Crippen molar-refractivity contribution in [1.82, 2.24) is 4.57 Å². The molecule has 4 aromatic rings. The average Bonchev–Trinajstić information content (AvgIpc) is 3.07. The van der Waals surface area contributed by atoms with Crippen molar-refractivity contribution in [3.8, 4) is 11.5 Å². The van der Waals surface area contributed by atoms with Crippen LogP contribution < -0.4 is 10.1 Å². The van der Waals surface area contributed by atoms with Crippen LogP contribution in [0.4, 0.5) is 5.69 Å². The van der Waals surface area contributed by atoms with Gasteiger partial charge in [-0.1, -0.05) is 36.4 Å². The number of hydrogen-bond acceptors (Lipinski definition) is 2. The second kappa shape index (κ2) is 7.15. The van der Waals surface area contributed by atoms with Gasteiger partial charge in [0.2, 0.25) is 5.91 Å². The van der Waals surface area contributed by atoms with Crippen LogP contribution in [-0.4, -0.2) is 10.5 Å². The predicted octanol–water partition coefficient (Wildman–Crippen LogP) is 5.07. The molecule has 1 aromatic heterocycles. The van der Waals surface area contributed by atoms with E-state index in [9.17, 15) is 4.79 Å². The van der Waals surface area contributed by atoms with Crippen LogP contribution in [0, 0.1) is 0 Å². The number of fused-ring (bicyclic) bond motifs is 1. The molecule has 1 heterocycles. The Hall–Kier alpha value is -3.53. The molecule has 0 aliphatic heterocycles. The zero-order valence-corrected chi connectivity index (χ0v) is 14.1. The van der Waals surface area contributed by atoms with E-state index in [0.717, 1.165) is 28.1 Å². The fourth-order valence-electron chi connectivity index (χ4n) is 2.86. The van der Waals surface area contributed by atoms with E-state index in [4.69, 9.17) is 4.74 Å². The van der Waals surface area contributed by atoms with Crippen LogP contribution in [0.2, 0.25) is 0 Å². The first-order valence-electron chi connectivity index (χ1n) is 8.45. The quantitative estimate of drug-likeness (QED) is 0.550. The number of carbonyl (C=O) groups is 1. The average molecular weight is 342 g/mol. The van der Waals surface area contributed by atoms with E-state index in [-0.39, 0.29) is 12.5 Å². The van der Waals surface area contributed by atoms with Crippen LogP contribution in [0.15, 0.2) is 91.1 Å². The van der Waals surface area contributed by atoms with E-state index < -0.39 is 0 Å². The van der Waals surface area contributed by atoms with E-state index >= 15 is 0 Å². The normalized spacial score (nSPS) is 10.6. The third-order valence-corrected chi connectivity index (χ3v) is 4.11. The third kappa shape index (κ3) is 3.59. The zero-order chi connectivity index (χ0) is 17.8. The maximum absolute atomic E-state index is 12.3. The summed E-state index contributed by atoms with van der Waals surface area (Å²) >= 11 is 0. The van der Waals surface area contributed by atoms with Crippen LogP contribution >= 0.6 is 0 Å². The van der Waals surface area contributed by atoms with Crippen LogP contribution in [0.25, 0.3) is 10.9 Å². The number of nitrogens with one attached hydrogen (secondary N) is 1. The molecule has 0 atom stereocenters. The van der Waals surface area contributed by atoms with Crippen molar-refractivity contribution in [2.75, 3.05) is 5.32 Å². The molecule has 0 radical (unpaired) electrons. The molecule has 4 rings (SSSR count). The molecule has 128 valence electrons. The number of amides is 1. The molecule has 1 N–H and O–H groups in total. The Labute approximate surface area is 151 Å². The van der Waals surface area contributed by atoms with E-state index in [0.29, 0.717) is 0 Å². The zero-order valence-electron chi connectivity index (χ0n) is 14.1. The fourth-order valence-corrected chi connectivity index (χ4v) is 2.86. The van der Waals surface area contributed by atoms with Crippen molar-refractivity contribution in [2.45, 2.75) is 6.54 Å². The summed E-state index contributed by atoms with van der Waals surface area (Å²) < 4.78 is 7.70. The highest BCUT2D eigenvalue weighted by atomic mass is 16.5. The number of carbonyl (C=O) groups excluding carboxylic acids is 1. The summed E-state index contributed by atoms with van der Waals surface area (Å²) in [5, 5.41) is 4.05. The number of anilines is 1. The molecule has 0 bridgehead atoms. The van der Waals surface area contributed by atoms with Crippen molar-refractivity contribution in [3.63, 3.8) is 0 Å². The maximum atomic E-state index is 12.3. The molecular weight excluding hydrogens is 324 g/mol. The second-order valence-electron chi connectivity index (χ2n) is 5.99. The van der Waals surface area contributed by atoms with Gasteiger partial charge in [0.05, 0.1) is 0 Å². The fraction of sp³-hybridized carbons (Fsp3) is 0.0455. The Morgan fingerprint density at radius 1 is 0.808 bits per heavy atom. The molecule has 0 saturated heterocycles. The molecule has 0 unspecified atom stereocenters. The third-order valence-electron chi connectivity index (χ3n) is 4.11. The predicted molar refractivity (Wildman–Crippen MR) is 104 cm³/mol. The molecule has 0 aliphatic rings. The number of rotatable bonds is 5. The monoisotopic (exact) mass is 342 g/mol. The van der Waals surface area contributed by atoms with Gasteiger partial charge in [-0.2, -0.15) is 0 Å². The lowest BCUT2D eigenvalue weighted by Gasteiger charge is -2.09. The Morgan fingerprint density at radius 3 is 2.31 bits per heavy atom. The summed E-state index contributed by atoms with van der Waals surface area (Å²) in [5.74, 6) is 1.44. The van der Waals surface area contributed by atoms with Crippen molar-refractivity contribution in [2.24, 2.45) is 0 Å². The minimum atomic E-state index is -0.0666. The molecule has 4 heteroatoms. The number of hydrogen-bond donors (Lipinski definition) is 1. The Kier molecular flexibility index (Phi) is 4.39. The summed E-state index contributed by atoms with van der Waals surface area (Å²) in [4.78, 5) is 12.3. The highest BCUT2D eigenvalue weighted by molar-refractivity contribution is 5.92. The van der Waals surface area contributed by atoms with Crippen molar-refractivity contribution < 1.29 is 9.53 Å². The largest absolute Gasteiger partial charge is 0.457 e. The molecule has 3 aromatic carbocycles.